The monoisotopic (exact) mass is 291 g/mol. The molecule has 0 spiro atoms. The molecular weight excluding hydrogens is 258 g/mol. The van der Waals surface area contributed by atoms with Crippen molar-refractivity contribution < 1.29 is 0 Å². The number of aromatic nitrogens is 1. The molecule has 21 heavy (non-hydrogen) atoms. The molecule has 1 unspecified atom stereocenters. The standard InChI is InChI=1S/C18H33N3/c1-13(2)11-14(3)21(8)17-10-9-16(15(4)20-17)12-19-18(5,6)7/h9-10,13-14,19H,11-12H2,1-8H3. The number of pyridine rings is 1. The average molecular weight is 291 g/mol. The van der Waals surface area contributed by atoms with Gasteiger partial charge in [-0.25, -0.2) is 4.98 Å². The van der Waals surface area contributed by atoms with Crippen LogP contribution in [0.1, 0.15) is 59.2 Å². The maximum absolute atomic E-state index is 4.79. The van der Waals surface area contributed by atoms with E-state index in [-0.39, 0.29) is 5.54 Å². The van der Waals surface area contributed by atoms with Crippen LogP contribution in [-0.4, -0.2) is 23.6 Å². The summed E-state index contributed by atoms with van der Waals surface area (Å²) in [4.78, 5) is 7.07. The van der Waals surface area contributed by atoms with E-state index in [9.17, 15) is 0 Å². The van der Waals surface area contributed by atoms with Crippen molar-refractivity contribution in [2.24, 2.45) is 5.92 Å². The van der Waals surface area contributed by atoms with Crippen molar-refractivity contribution in [3.63, 3.8) is 0 Å². The van der Waals surface area contributed by atoms with Crippen LogP contribution in [0.15, 0.2) is 12.1 Å². The van der Waals surface area contributed by atoms with Crippen molar-refractivity contribution in [2.45, 2.75) is 73.0 Å². The first kappa shape index (κ1) is 18.0. The molecule has 3 nitrogen and oxygen atoms in total. The molecule has 1 aromatic heterocycles. The Morgan fingerprint density at radius 2 is 1.81 bits per heavy atom. The fourth-order valence-corrected chi connectivity index (χ4v) is 2.39. The lowest BCUT2D eigenvalue weighted by Crippen LogP contribution is -2.35. The van der Waals surface area contributed by atoms with Crippen molar-refractivity contribution in [3.8, 4) is 0 Å². The van der Waals surface area contributed by atoms with Gasteiger partial charge in [0.25, 0.3) is 0 Å². The quantitative estimate of drug-likeness (QED) is 0.853. The van der Waals surface area contributed by atoms with Gasteiger partial charge >= 0.3 is 0 Å². The van der Waals surface area contributed by atoms with Gasteiger partial charge in [-0.15, -0.1) is 0 Å². The zero-order valence-corrected chi connectivity index (χ0v) is 15.1. The summed E-state index contributed by atoms with van der Waals surface area (Å²) in [5.41, 5.74) is 2.53. The minimum atomic E-state index is 0.133. The molecule has 0 amide bonds. The Morgan fingerprint density at radius 3 is 2.29 bits per heavy atom. The lowest BCUT2D eigenvalue weighted by atomic mass is 10.0. The van der Waals surface area contributed by atoms with Gasteiger partial charge in [0.1, 0.15) is 5.82 Å². The third-order valence-corrected chi connectivity index (χ3v) is 3.82. The van der Waals surface area contributed by atoms with Gasteiger partial charge in [0.15, 0.2) is 0 Å². The van der Waals surface area contributed by atoms with Crippen molar-refractivity contribution in [2.75, 3.05) is 11.9 Å². The molecule has 0 bridgehead atoms. The van der Waals surface area contributed by atoms with Crippen molar-refractivity contribution in [3.05, 3.63) is 23.4 Å². The molecule has 0 aliphatic rings. The fraction of sp³-hybridized carbons (Fsp3) is 0.722. The van der Waals surface area contributed by atoms with Gasteiger partial charge in [-0.2, -0.15) is 0 Å². The predicted molar refractivity (Wildman–Crippen MR) is 92.9 cm³/mol. The molecule has 1 aromatic rings. The number of rotatable bonds is 6. The van der Waals surface area contributed by atoms with E-state index in [1.165, 1.54) is 12.0 Å². The smallest absolute Gasteiger partial charge is 0.128 e. The molecule has 0 saturated heterocycles. The van der Waals surface area contributed by atoms with E-state index in [1.54, 1.807) is 0 Å². The van der Waals surface area contributed by atoms with Crippen LogP contribution in [0.5, 0.6) is 0 Å². The summed E-state index contributed by atoms with van der Waals surface area (Å²) in [5, 5.41) is 3.52. The molecule has 0 fully saturated rings. The first-order chi connectivity index (χ1) is 9.60. The van der Waals surface area contributed by atoms with Crippen LogP contribution in [0.25, 0.3) is 0 Å². The molecule has 1 rings (SSSR count). The second kappa shape index (κ2) is 7.26. The Bertz CT molecular complexity index is 446. The fourth-order valence-electron chi connectivity index (χ4n) is 2.39. The maximum Gasteiger partial charge on any atom is 0.128 e. The van der Waals surface area contributed by atoms with Crippen LogP contribution in [0, 0.1) is 12.8 Å². The molecule has 0 saturated carbocycles. The van der Waals surface area contributed by atoms with Gasteiger partial charge in [0.2, 0.25) is 0 Å². The minimum absolute atomic E-state index is 0.133. The van der Waals surface area contributed by atoms with Crippen molar-refractivity contribution in [1.29, 1.82) is 0 Å². The van der Waals surface area contributed by atoms with E-state index in [0.29, 0.717) is 12.0 Å². The van der Waals surface area contributed by atoms with E-state index >= 15 is 0 Å². The second-order valence-electron chi connectivity index (χ2n) is 7.61. The molecule has 0 radical (unpaired) electrons. The first-order valence-electron chi connectivity index (χ1n) is 8.04. The van der Waals surface area contributed by atoms with Crippen LogP contribution >= 0.6 is 0 Å². The largest absolute Gasteiger partial charge is 0.357 e. The highest BCUT2D eigenvalue weighted by Gasteiger charge is 2.14. The normalized spacial score (nSPS) is 13.6. The SMILES string of the molecule is Cc1nc(N(C)C(C)CC(C)C)ccc1CNC(C)(C)C. The van der Waals surface area contributed by atoms with E-state index in [2.05, 4.69) is 77.9 Å². The van der Waals surface area contributed by atoms with Gasteiger partial charge < -0.3 is 10.2 Å². The molecule has 1 atom stereocenters. The van der Waals surface area contributed by atoms with Gasteiger partial charge in [-0.05, 0) is 58.6 Å². The Balaban J connectivity index is 2.77. The van der Waals surface area contributed by atoms with Gasteiger partial charge in [-0.1, -0.05) is 19.9 Å². The number of nitrogens with one attached hydrogen (secondary N) is 1. The number of aryl methyl sites for hydroxylation is 1. The van der Waals surface area contributed by atoms with Gasteiger partial charge in [-0.3, -0.25) is 0 Å². The zero-order chi connectivity index (χ0) is 16.2. The summed E-state index contributed by atoms with van der Waals surface area (Å²) in [6, 6.07) is 4.86. The van der Waals surface area contributed by atoms with Crippen LogP contribution in [0.2, 0.25) is 0 Å². The van der Waals surface area contributed by atoms with Crippen molar-refractivity contribution >= 4 is 5.82 Å². The van der Waals surface area contributed by atoms with E-state index in [4.69, 9.17) is 4.98 Å². The molecule has 120 valence electrons. The molecular formula is C18H33N3. The predicted octanol–water partition coefficient (Wildman–Crippen LogP) is 4.15. The van der Waals surface area contributed by atoms with E-state index < -0.39 is 0 Å². The Kier molecular flexibility index (Phi) is 6.21. The highest BCUT2D eigenvalue weighted by Crippen LogP contribution is 2.19. The summed E-state index contributed by atoms with van der Waals surface area (Å²) in [7, 11) is 2.14. The second-order valence-corrected chi connectivity index (χ2v) is 7.61. The average Bonchev–Trinajstić information content (AvgIpc) is 2.34. The van der Waals surface area contributed by atoms with Gasteiger partial charge in [0.05, 0.1) is 0 Å². The number of hydrogen-bond donors (Lipinski definition) is 1. The molecule has 0 aliphatic carbocycles. The van der Waals surface area contributed by atoms with Crippen LogP contribution in [0.4, 0.5) is 5.82 Å². The third-order valence-electron chi connectivity index (χ3n) is 3.82. The molecule has 0 aliphatic heterocycles. The van der Waals surface area contributed by atoms with E-state index in [1.807, 2.05) is 0 Å². The zero-order valence-electron chi connectivity index (χ0n) is 15.1. The number of hydrogen-bond acceptors (Lipinski definition) is 3. The maximum atomic E-state index is 4.79. The Morgan fingerprint density at radius 1 is 1.19 bits per heavy atom. The highest BCUT2D eigenvalue weighted by atomic mass is 15.2. The molecule has 3 heteroatoms. The van der Waals surface area contributed by atoms with Crippen LogP contribution < -0.4 is 10.2 Å². The lowest BCUT2D eigenvalue weighted by Gasteiger charge is -2.28. The highest BCUT2D eigenvalue weighted by molar-refractivity contribution is 5.41. The van der Waals surface area contributed by atoms with E-state index in [0.717, 1.165) is 18.1 Å². The summed E-state index contributed by atoms with van der Waals surface area (Å²) in [6.07, 6.45) is 1.19. The molecule has 0 aromatic carbocycles. The summed E-state index contributed by atoms with van der Waals surface area (Å²) >= 11 is 0. The first-order valence-corrected chi connectivity index (χ1v) is 8.04. The molecule has 1 N–H and O–H groups in total. The van der Waals surface area contributed by atoms with Crippen LogP contribution in [-0.2, 0) is 6.54 Å². The van der Waals surface area contributed by atoms with Crippen molar-refractivity contribution in [1.82, 2.24) is 10.3 Å². The molecule has 1 heterocycles. The summed E-state index contributed by atoms with van der Waals surface area (Å²) < 4.78 is 0. The number of nitrogens with zero attached hydrogens (tertiary/aromatic N) is 2. The van der Waals surface area contributed by atoms with Crippen LogP contribution in [0.3, 0.4) is 0 Å². The summed E-state index contributed by atoms with van der Waals surface area (Å²) in [6.45, 7) is 16.3. The Labute approximate surface area is 131 Å². The third kappa shape index (κ3) is 6.04. The summed E-state index contributed by atoms with van der Waals surface area (Å²) in [5.74, 6) is 1.78. The van der Waals surface area contributed by atoms with Gasteiger partial charge in [0, 0.05) is 30.9 Å². The topological polar surface area (TPSA) is 28.2 Å². The minimum Gasteiger partial charge on any atom is -0.357 e. The number of anilines is 1. The lowest BCUT2D eigenvalue weighted by molar-refractivity contribution is 0.423. The Hall–Kier alpha value is -1.09.